The van der Waals surface area contributed by atoms with Gasteiger partial charge >= 0.3 is 12.1 Å². The third-order valence-electron chi connectivity index (χ3n) is 4.65. The SMILES string of the molecule is C[C@@H](Nc1nc(NC2CC(F)(F)C2)nc(C2=C(F)C(=O)C(F)(F)CC2)n1)C(F)(F)F. The largest absolute Gasteiger partial charge is 0.408 e. The zero-order valence-corrected chi connectivity index (χ0v) is 15.3. The molecule has 14 heteroatoms. The summed E-state index contributed by atoms with van der Waals surface area (Å²) in [5.41, 5.74) is -0.627. The maximum absolute atomic E-state index is 14.2. The van der Waals surface area contributed by atoms with Gasteiger partial charge in [0.25, 0.3) is 11.7 Å². The Labute approximate surface area is 164 Å². The molecule has 30 heavy (non-hydrogen) atoms. The van der Waals surface area contributed by atoms with Crippen LogP contribution in [0.15, 0.2) is 5.83 Å². The second-order valence-electron chi connectivity index (χ2n) is 7.15. The van der Waals surface area contributed by atoms with Crippen LogP contribution in [0, 0.1) is 0 Å². The smallest absolute Gasteiger partial charge is 0.351 e. The fourth-order valence-corrected chi connectivity index (χ4v) is 2.87. The van der Waals surface area contributed by atoms with Crippen molar-refractivity contribution in [2.24, 2.45) is 0 Å². The lowest BCUT2D eigenvalue weighted by molar-refractivity contribution is -0.142. The summed E-state index contributed by atoms with van der Waals surface area (Å²) < 4.78 is 105. The fourth-order valence-electron chi connectivity index (χ4n) is 2.87. The molecule has 1 heterocycles. The summed E-state index contributed by atoms with van der Waals surface area (Å²) in [4.78, 5) is 22.5. The topological polar surface area (TPSA) is 79.8 Å². The van der Waals surface area contributed by atoms with E-state index in [1.54, 1.807) is 0 Å². The molecule has 0 saturated heterocycles. The van der Waals surface area contributed by atoms with Gasteiger partial charge in [-0.2, -0.15) is 36.9 Å². The fraction of sp³-hybridized carbons (Fsp3) is 0.625. The molecular weight excluding hydrogens is 430 g/mol. The molecule has 2 N–H and O–H groups in total. The number of anilines is 2. The number of ketones is 1. The molecule has 0 aromatic carbocycles. The van der Waals surface area contributed by atoms with Crippen LogP contribution in [-0.4, -0.2) is 50.8 Å². The molecule has 2 aliphatic carbocycles. The van der Waals surface area contributed by atoms with Gasteiger partial charge in [-0.25, -0.2) is 13.2 Å². The number of carbonyl (C=O) groups is 1. The van der Waals surface area contributed by atoms with Gasteiger partial charge in [-0.05, 0) is 13.3 Å². The highest BCUT2D eigenvalue weighted by Crippen LogP contribution is 2.40. The predicted molar refractivity (Wildman–Crippen MR) is 87.8 cm³/mol. The summed E-state index contributed by atoms with van der Waals surface area (Å²) in [5.74, 6) is -12.5. The number of aromatic nitrogens is 3. The molecule has 0 amide bonds. The number of halogens is 8. The average Bonchev–Trinajstić information content (AvgIpc) is 2.57. The molecule has 1 fully saturated rings. The minimum absolute atomic E-state index is 0.456. The Morgan fingerprint density at radius 3 is 2.23 bits per heavy atom. The molecule has 1 atom stereocenters. The van der Waals surface area contributed by atoms with Gasteiger partial charge in [-0.15, -0.1) is 0 Å². The van der Waals surface area contributed by atoms with E-state index >= 15 is 0 Å². The van der Waals surface area contributed by atoms with E-state index in [0.717, 1.165) is 6.92 Å². The van der Waals surface area contributed by atoms with Gasteiger partial charge < -0.3 is 10.6 Å². The molecular formula is C16H15F8N5O. The van der Waals surface area contributed by atoms with E-state index in [9.17, 15) is 39.9 Å². The van der Waals surface area contributed by atoms with Crippen LogP contribution in [0.4, 0.5) is 47.0 Å². The van der Waals surface area contributed by atoms with Gasteiger partial charge in [0.1, 0.15) is 6.04 Å². The third kappa shape index (κ3) is 4.61. The molecule has 6 nitrogen and oxygen atoms in total. The van der Waals surface area contributed by atoms with Gasteiger partial charge in [-0.1, -0.05) is 0 Å². The number of nitrogens with zero attached hydrogens (tertiary/aromatic N) is 3. The number of nitrogens with one attached hydrogen (secondary N) is 2. The summed E-state index contributed by atoms with van der Waals surface area (Å²) in [6.45, 7) is 0.744. The maximum atomic E-state index is 14.2. The van der Waals surface area contributed by atoms with Crippen LogP contribution in [0.2, 0.25) is 0 Å². The first-order chi connectivity index (χ1) is 13.7. The van der Waals surface area contributed by atoms with E-state index < -0.39 is 90.7 Å². The summed E-state index contributed by atoms with van der Waals surface area (Å²) in [6, 6.07) is -2.95. The maximum Gasteiger partial charge on any atom is 0.408 e. The highest BCUT2D eigenvalue weighted by atomic mass is 19.4. The number of Topliss-reactive ketones (excluding diaryl/α,β-unsaturated/α-hetero) is 1. The van der Waals surface area contributed by atoms with Crippen molar-refractivity contribution in [2.45, 2.75) is 62.7 Å². The Kier molecular flexibility index (Phi) is 5.39. The lowest BCUT2D eigenvalue weighted by Crippen LogP contribution is -2.44. The van der Waals surface area contributed by atoms with E-state index in [0.29, 0.717) is 0 Å². The van der Waals surface area contributed by atoms with Gasteiger partial charge in [0.15, 0.2) is 11.7 Å². The van der Waals surface area contributed by atoms with Crippen LogP contribution in [0.5, 0.6) is 0 Å². The molecule has 3 rings (SSSR count). The van der Waals surface area contributed by atoms with E-state index in [1.165, 1.54) is 0 Å². The van der Waals surface area contributed by atoms with Gasteiger partial charge in [-0.3, -0.25) is 4.79 Å². The third-order valence-corrected chi connectivity index (χ3v) is 4.65. The van der Waals surface area contributed by atoms with Crippen molar-refractivity contribution in [3.05, 3.63) is 11.7 Å². The van der Waals surface area contributed by atoms with Crippen molar-refractivity contribution in [3.8, 4) is 0 Å². The van der Waals surface area contributed by atoms with Gasteiger partial charge in [0.05, 0.1) is 0 Å². The number of rotatable bonds is 5. The molecule has 1 saturated carbocycles. The molecule has 0 spiro atoms. The van der Waals surface area contributed by atoms with Crippen LogP contribution < -0.4 is 10.6 Å². The van der Waals surface area contributed by atoms with E-state index in [4.69, 9.17) is 0 Å². The highest BCUT2D eigenvalue weighted by Gasteiger charge is 2.47. The van der Waals surface area contributed by atoms with Crippen LogP contribution in [-0.2, 0) is 4.79 Å². The molecule has 0 bridgehead atoms. The quantitative estimate of drug-likeness (QED) is 0.664. The zero-order valence-electron chi connectivity index (χ0n) is 15.3. The molecule has 1 aromatic rings. The number of alkyl halides is 7. The second kappa shape index (κ2) is 7.30. The summed E-state index contributed by atoms with van der Waals surface area (Å²) in [7, 11) is 0. The molecule has 1 aromatic heterocycles. The summed E-state index contributed by atoms with van der Waals surface area (Å²) in [6.07, 6.45) is -7.58. The number of hydrogen-bond donors (Lipinski definition) is 2. The monoisotopic (exact) mass is 445 g/mol. The summed E-state index contributed by atoms with van der Waals surface area (Å²) in [5, 5.41) is 4.38. The van der Waals surface area contributed by atoms with Gasteiger partial charge in [0, 0.05) is 30.9 Å². The minimum Gasteiger partial charge on any atom is -0.351 e. The predicted octanol–water partition coefficient (Wildman–Crippen LogP) is 4.12. The average molecular weight is 445 g/mol. The first kappa shape index (κ1) is 22.2. The van der Waals surface area contributed by atoms with Crippen molar-refractivity contribution in [1.82, 2.24) is 15.0 Å². The summed E-state index contributed by atoms with van der Waals surface area (Å²) >= 11 is 0. The Balaban J connectivity index is 1.95. The van der Waals surface area contributed by atoms with Crippen molar-refractivity contribution < 1.29 is 39.9 Å². The van der Waals surface area contributed by atoms with Gasteiger partial charge in [0.2, 0.25) is 11.9 Å². The normalized spacial score (nSPS) is 22.5. The van der Waals surface area contributed by atoms with Crippen molar-refractivity contribution >= 4 is 23.3 Å². The van der Waals surface area contributed by atoms with Crippen LogP contribution in [0.1, 0.15) is 38.4 Å². The molecule has 0 unspecified atom stereocenters. The molecule has 0 radical (unpaired) electrons. The molecule has 0 aliphatic heterocycles. The number of allylic oxidation sites excluding steroid dienone is 2. The lowest BCUT2D eigenvalue weighted by Gasteiger charge is -2.35. The van der Waals surface area contributed by atoms with Crippen LogP contribution in [0.3, 0.4) is 0 Å². The highest BCUT2D eigenvalue weighted by molar-refractivity contribution is 6.05. The lowest BCUT2D eigenvalue weighted by atomic mass is 9.88. The van der Waals surface area contributed by atoms with E-state index in [-0.39, 0.29) is 0 Å². The number of hydrogen-bond acceptors (Lipinski definition) is 6. The Morgan fingerprint density at radius 1 is 1.07 bits per heavy atom. The van der Waals surface area contributed by atoms with Crippen molar-refractivity contribution in [2.75, 3.05) is 10.6 Å². The Morgan fingerprint density at radius 2 is 1.67 bits per heavy atom. The molecule has 166 valence electrons. The molecule has 2 aliphatic rings. The Hall–Kier alpha value is -2.54. The second-order valence-corrected chi connectivity index (χ2v) is 7.15. The van der Waals surface area contributed by atoms with Crippen molar-refractivity contribution in [1.29, 1.82) is 0 Å². The number of carbonyl (C=O) groups excluding carboxylic acids is 1. The first-order valence-corrected chi connectivity index (χ1v) is 8.73. The first-order valence-electron chi connectivity index (χ1n) is 8.73. The van der Waals surface area contributed by atoms with Crippen LogP contribution in [0.25, 0.3) is 5.57 Å². The van der Waals surface area contributed by atoms with E-state index in [1.807, 2.05) is 5.32 Å². The van der Waals surface area contributed by atoms with E-state index in [2.05, 4.69) is 20.3 Å². The van der Waals surface area contributed by atoms with Crippen molar-refractivity contribution in [3.63, 3.8) is 0 Å². The zero-order chi connectivity index (χ0) is 22.5. The van der Waals surface area contributed by atoms with Crippen LogP contribution >= 0.6 is 0 Å². The Bertz CT molecular complexity index is 877. The minimum atomic E-state index is -4.70. The standard InChI is InChI=1S/C16H15F8N5O/c1-6(16(22,23)24)25-12-27-11(8-2-3-15(20,21)10(30)9(8)17)28-13(29-12)26-7-4-14(18,19)5-7/h6-7H,2-5H2,1H3,(H2,25,26,27,28,29)/t6-/m1/s1.